The number of alkyl halides is 3. The molecular formula is C25H23F3N7O2-. The third-order valence-corrected chi connectivity index (χ3v) is 5.14. The molecular weight excluding hydrogens is 487 g/mol. The van der Waals surface area contributed by atoms with Gasteiger partial charge in [0.15, 0.2) is 5.82 Å². The van der Waals surface area contributed by atoms with Gasteiger partial charge in [0.1, 0.15) is 17.2 Å². The van der Waals surface area contributed by atoms with E-state index in [1.807, 2.05) is 23.7 Å². The number of aromatic nitrogens is 5. The molecule has 0 spiro atoms. The van der Waals surface area contributed by atoms with Crippen molar-refractivity contribution in [3.05, 3.63) is 84.5 Å². The highest BCUT2D eigenvalue weighted by atomic mass is 19.4. The molecule has 9 nitrogen and oxygen atoms in total. The first-order valence-corrected chi connectivity index (χ1v) is 11.1. The van der Waals surface area contributed by atoms with Crippen molar-refractivity contribution in [3.8, 4) is 23.0 Å². The topological polar surface area (TPSA) is 125 Å². The fourth-order valence-electron chi connectivity index (χ4n) is 3.37. The Labute approximate surface area is 209 Å². The fraction of sp³-hybridized carbons (Fsp3) is 0.160. The summed E-state index contributed by atoms with van der Waals surface area (Å²) >= 11 is 0. The number of benzene rings is 2. The number of hydrogen-bond donors (Lipinski definition) is 3. The van der Waals surface area contributed by atoms with Crippen LogP contribution in [0.25, 0.3) is 28.3 Å². The monoisotopic (exact) mass is 510 g/mol. The van der Waals surface area contributed by atoms with Crippen LogP contribution in [-0.2, 0) is 13.2 Å². The minimum absolute atomic E-state index is 0.0139. The van der Waals surface area contributed by atoms with Crippen molar-refractivity contribution in [2.45, 2.75) is 6.18 Å². The zero-order valence-corrected chi connectivity index (χ0v) is 19.6. The van der Waals surface area contributed by atoms with Crippen LogP contribution in [0.2, 0.25) is 0 Å². The minimum atomic E-state index is -4.37. The predicted molar refractivity (Wildman–Crippen MR) is 134 cm³/mol. The number of rotatable bonds is 6. The molecule has 0 saturated heterocycles. The van der Waals surface area contributed by atoms with Crippen molar-refractivity contribution >= 4 is 22.7 Å². The van der Waals surface area contributed by atoms with Gasteiger partial charge < -0.3 is 30.4 Å². The lowest BCUT2D eigenvalue weighted by Crippen LogP contribution is -2.05. The quantitative estimate of drug-likeness (QED) is 0.260. The molecule has 0 radical (unpaired) electrons. The molecule has 0 bridgehead atoms. The molecule has 0 unspecified atom stereocenters. The number of halogens is 3. The molecule has 0 atom stereocenters. The lowest BCUT2D eigenvalue weighted by Gasteiger charge is -2.09. The highest BCUT2D eigenvalue weighted by Gasteiger charge is 2.30. The zero-order valence-electron chi connectivity index (χ0n) is 19.6. The summed E-state index contributed by atoms with van der Waals surface area (Å²) in [7, 11) is 1.82. The number of aryl methyl sites for hydroxylation is 1. The summed E-state index contributed by atoms with van der Waals surface area (Å²) in [4.78, 5) is 16.0. The number of nitrogens with one attached hydrogen (secondary N) is 3. The van der Waals surface area contributed by atoms with Crippen LogP contribution in [0, 0.1) is 0 Å². The Morgan fingerprint density at radius 3 is 2.41 bits per heavy atom. The van der Waals surface area contributed by atoms with Crippen molar-refractivity contribution < 1.29 is 23.0 Å². The third-order valence-electron chi connectivity index (χ3n) is 5.14. The Hall–Kier alpha value is -4.42. The highest BCUT2D eigenvalue weighted by molar-refractivity contribution is 5.81. The molecule has 0 saturated carbocycles. The number of anilines is 2. The number of aromatic amines is 1. The first-order valence-electron chi connectivity index (χ1n) is 11.1. The van der Waals surface area contributed by atoms with Crippen LogP contribution in [0.3, 0.4) is 0 Å². The average molecular weight is 511 g/mol. The SMILES string of the molecule is Cn1c(Nc2ccc(C(F)(F)F)cc2)nc2cc(Oc3ccnc(-c4ncc[nH]4)c3)ccc21.[NH-]CCO. The number of hydrogen-bond acceptors (Lipinski definition) is 6. The maximum atomic E-state index is 12.8. The molecule has 5 rings (SSSR count). The van der Waals surface area contributed by atoms with Gasteiger partial charge in [-0.25, -0.2) is 9.97 Å². The number of H-pyrrole nitrogens is 1. The second-order valence-corrected chi connectivity index (χ2v) is 7.74. The van der Waals surface area contributed by atoms with Crippen LogP contribution >= 0.6 is 0 Å². The van der Waals surface area contributed by atoms with Gasteiger partial charge in [-0.2, -0.15) is 13.2 Å². The van der Waals surface area contributed by atoms with E-state index in [9.17, 15) is 13.2 Å². The molecule has 4 N–H and O–H groups in total. The summed E-state index contributed by atoms with van der Waals surface area (Å²) in [6.45, 7) is 0.111. The number of aliphatic hydroxyl groups excluding tert-OH is 1. The van der Waals surface area contributed by atoms with Crippen LogP contribution in [0.1, 0.15) is 5.56 Å². The summed E-state index contributed by atoms with van der Waals surface area (Å²) in [5.41, 5.74) is 8.16. The van der Waals surface area contributed by atoms with Gasteiger partial charge >= 0.3 is 6.18 Å². The van der Waals surface area contributed by atoms with Gasteiger partial charge in [-0.3, -0.25) is 4.98 Å². The largest absolute Gasteiger partial charge is 0.676 e. The molecule has 3 heterocycles. The molecule has 0 amide bonds. The molecule has 0 aliphatic heterocycles. The van der Waals surface area contributed by atoms with Crippen molar-refractivity contribution in [2.24, 2.45) is 7.05 Å². The summed E-state index contributed by atoms with van der Waals surface area (Å²) in [5, 5.41) is 10.7. The van der Waals surface area contributed by atoms with E-state index < -0.39 is 11.7 Å². The van der Waals surface area contributed by atoms with Crippen molar-refractivity contribution in [2.75, 3.05) is 18.5 Å². The Bertz CT molecular complexity index is 1450. The van der Waals surface area contributed by atoms with Gasteiger partial charge in [0.05, 0.1) is 16.6 Å². The maximum Gasteiger partial charge on any atom is 0.416 e. The second kappa shape index (κ2) is 11.1. The smallest absolute Gasteiger partial charge is 0.416 e. The van der Waals surface area contributed by atoms with E-state index in [4.69, 9.17) is 15.6 Å². The molecule has 0 aliphatic carbocycles. The molecule has 0 fully saturated rings. The number of ether oxygens (including phenoxy) is 1. The second-order valence-electron chi connectivity index (χ2n) is 7.74. The summed E-state index contributed by atoms with van der Waals surface area (Å²) in [5.74, 6) is 2.30. The van der Waals surface area contributed by atoms with E-state index in [-0.39, 0.29) is 13.2 Å². The van der Waals surface area contributed by atoms with Crippen molar-refractivity contribution in [3.63, 3.8) is 0 Å². The van der Waals surface area contributed by atoms with Crippen LogP contribution in [-0.4, -0.2) is 42.8 Å². The summed E-state index contributed by atoms with van der Waals surface area (Å²) in [6, 6.07) is 13.8. The minimum Gasteiger partial charge on any atom is -0.676 e. The number of fused-ring (bicyclic) bond motifs is 1. The first kappa shape index (κ1) is 25.7. The van der Waals surface area contributed by atoms with Gasteiger partial charge in [0.25, 0.3) is 0 Å². The molecule has 192 valence electrons. The molecule has 37 heavy (non-hydrogen) atoms. The summed E-state index contributed by atoms with van der Waals surface area (Å²) in [6.07, 6.45) is 0.630. The summed E-state index contributed by atoms with van der Waals surface area (Å²) < 4.78 is 46.1. The number of imidazole rings is 2. The first-order chi connectivity index (χ1) is 17.8. The van der Waals surface area contributed by atoms with E-state index in [1.54, 1.807) is 36.8 Å². The van der Waals surface area contributed by atoms with E-state index in [1.165, 1.54) is 12.1 Å². The third kappa shape index (κ3) is 6.23. The lowest BCUT2D eigenvalue weighted by atomic mass is 10.2. The molecule has 5 aromatic rings. The Morgan fingerprint density at radius 2 is 1.76 bits per heavy atom. The van der Waals surface area contributed by atoms with Crippen LogP contribution < -0.4 is 10.1 Å². The highest BCUT2D eigenvalue weighted by Crippen LogP contribution is 2.32. The predicted octanol–water partition coefficient (Wildman–Crippen LogP) is 5.94. The number of aliphatic hydroxyl groups is 1. The molecule has 3 aromatic heterocycles. The fourth-order valence-corrected chi connectivity index (χ4v) is 3.37. The average Bonchev–Trinajstić information content (AvgIpc) is 3.53. The Morgan fingerprint density at radius 1 is 1.03 bits per heavy atom. The molecule has 2 aromatic carbocycles. The van der Waals surface area contributed by atoms with Crippen LogP contribution in [0.5, 0.6) is 11.5 Å². The van der Waals surface area contributed by atoms with Crippen LogP contribution in [0.4, 0.5) is 24.8 Å². The standard InChI is InChI=1S/C23H17F3N6O.C2H6NO/c1-32-20-7-6-16(33-17-8-9-27-19(13-17)21-28-10-11-29-21)12-18(20)31-22(32)30-15-4-2-14(3-5-15)23(24,25)26;3-1-2-4/h2-13H,1H3,(H,28,29)(H,30,31);3-4H,1-2H2/q;-1. The molecule has 0 aliphatic rings. The maximum absolute atomic E-state index is 12.8. The van der Waals surface area contributed by atoms with Gasteiger partial charge in [-0.15, -0.1) is 6.54 Å². The van der Waals surface area contributed by atoms with Crippen molar-refractivity contribution in [1.82, 2.24) is 24.5 Å². The van der Waals surface area contributed by atoms with Gasteiger partial charge in [-0.1, -0.05) is 0 Å². The van der Waals surface area contributed by atoms with E-state index in [0.29, 0.717) is 40.2 Å². The zero-order chi connectivity index (χ0) is 26.4. The number of pyridine rings is 1. The van der Waals surface area contributed by atoms with E-state index in [2.05, 4.69) is 25.3 Å². The lowest BCUT2D eigenvalue weighted by molar-refractivity contribution is -0.137. The Balaban J connectivity index is 0.000000747. The van der Waals surface area contributed by atoms with Gasteiger partial charge in [0.2, 0.25) is 5.95 Å². The van der Waals surface area contributed by atoms with Crippen molar-refractivity contribution in [1.29, 1.82) is 0 Å². The van der Waals surface area contributed by atoms with Crippen LogP contribution in [0.15, 0.2) is 73.2 Å². The number of nitrogens with zero attached hydrogens (tertiary/aromatic N) is 4. The van der Waals surface area contributed by atoms with Gasteiger partial charge in [-0.05, 0) is 42.5 Å². The molecule has 12 heteroatoms. The van der Waals surface area contributed by atoms with E-state index in [0.717, 1.165) is 17.6 Å². The van der Waals surface area contributed by atoms with Gasteiger partial charge in [0, 0.05) is 50.1 Å². The normalized spacial score (nSPS) is 11.2. The Kier molecular flexibility index (Phi) is 7.70. The van der Waals surface area contributed by atoms with E-state index >= 15 is 0 Å².